The lowest BCUT2D eigenvalue weighted by molar-refractivity contribution is -0.384. The van der Waals surface area contributed by atoms with Gasteiger partial charge in [0.25, 0.3) is 11.6 Å². The summed E-state index contributed by atoms with van der Waals surface area (Å²) in [7, 11) is 4.88. The van der Waals surface area contributed by atoms with Gasteiger partial charge in [-0.2, -0.15) is 5.10 Å². The molecular weight excluding hydrogens is 392 g/mol. The van der Waals surface area contributed by atoms with Gasteiger partial charge in [-0.1, -0.05) is 12.2 Å². The highest BCUT2D eigenvalue weighted by molar-refractivity contribution is 5.96. The number of nitrogens with two attached hydrogens (primary N) is 2. The highest BCUT2D eigenvalue weighted by Gasteiger charge is 2.23. The number of hydrazone groups is 1. The van der Waals surface area contributed by atoms with Gasteiger partial charge in [0.15, 0.2) is 5.69 Å². The van der Waals surface area contributed by atoms with Crippen molar-refractivity contribution in [2.45, 2.75) is 12.8 Å². The Morgan fingerprint density at radius 2 is 2.03 bits per heavy atom. The standard InChI is InChI=1S/C18H30N8O4/c1-21-8-4-5-9-23-17-14(26(28)29)11-13(18(27)22-2)12-15(17)30-10-6-7-16(24-19)25(3)20/h4-5,11-12,21,23H,6-10,19-20H2,1-3H3,(H,22,27)/b5-4+,24-16-. The minimum Gasteiger partial charge on any atom is -0.491 e. The summed E-state index contributed by atoms with van der Waals surface area (Å²) in [6.07, 6.45) is 4.68. The quantitative estimate of drug-likeness (QED) is 0.0606. The number of amides is 1. The number of benzene rings is 1. The summed E-state index contributed by atoms with van der Waals surface area (Å²) in [5.74, 6) is 11.1. The van der Waals surface area contributed by atoms with E-state index in [1.165, 1.54) is 24.2 Å². The molecule has 1 amide bonds. The van der Waals surface area contributed by atoms with Crippen LogP contribution in [-0.2, 0) is 0 Å². The summed E-state index contributed by atoms with van der Waals surface area (Å²) in [4.78, 5) is 23.1. The van der Waals surface area contributed by atoms with Gasteiger partial charge in [-0.25, -0.2) is 5.84 Å². The van der Waals surface area contributed by atoms with Crippen molar-refractivity contribution in [3.8, 4) is 5.75 Å². The van der Waals surface area contributed by atoms with Crippen molar-refractivity contribution in [3.63, 3.8) is 0 Å². The third-order valence-electron chi connectivity index (χ3n) is 4.01. The van der Waals surface area contributed by atoms with Crippen LogP contribution < -0.4 is 32.4 Å². The van der Waals surface area contributed by atoms with Crippen molar-refractivity contribution >= 4 is 23.1 Å². The molecule has 0 aliphatic carbocycles. The molecule has 0 aliphatic rings. The van der Waals surface area contributed by atoms with Crippen LogP contribution in [0.25, 0.3) is 0 Å². The zero-order valence-electron chi connectivity index (χ0n) is 17.5. The van der Waals surface area contributed by atoms with E-state index in [0.29, 0.717) is 31.8 Å². The number of nitro groups is 1. The number of amidine groups is 1. The van der Waals surface area contributed by atoms with E-state index in [9.17, 15) is 14.9 Å². The van der Waals surface area contributed by atoms with Gasteiger partial charge in [-0.15, -0.1) is 0 Å². The molecule has 0 heterocycles. The minimum absolute atomic E-state index is 0.126. The highest BCUT2D eigenvalue weighted by Crippen LogP contribution is 2.36. The van der Waals surface area contributed by atoms with E-state index in [-0.39, 0.29) is 29.3 Å². The Bertz CT molecular complexity index is 780. The van der Waals surface area contributed by atoms with Crippen LogP contribution in [0, 0.1) is 10.1 Å². The molecule has 7 N–H and O–H groups in total. The first kappa shape index (κ1) is 24.7. The van der Waals surface area contributed by atoms with Gasteiger partial charge >= 0.3 is 0 Å². The van der Waals surface area contributed by atoms with E-state index in [2.05, 4.69) is 21.1 Å². The predicted molar refractivity (Wildman–Crippen MR) is 116 cm³/mol. The van der Waals surface area contributed by atoms with Crippen molar-refractivity contribution in [1.29, 1.82) is 0 Å². The van der Waals surface area contributed by atoms with E-state index in [4.69, 9.17) is 16.4 Å². The molecule has 12 heteroatoms. The normalized spacial score (nSPS) is 11.4. The van der Waals surface area contributed by atoms with Gasteiger partial charge in [0, 0.05) is 45.2 Å². The number of ether oxygens (including phenoxy) is 1. The number of carbonyl (C=O) groups is 1. The lowest BCUT2D eigenvalue weighted by Crippen LogP contribution is -2.34. The Hall–Kier alpha value is -3.38. The number of nitrogens with one attached hydrogen (secondary N) is 3. The number of likely N-dealkylation sites (N-methyl/N-ethyl adjacent to an activating group) is 1. The van der Waals surface area contributed by atoms with Gasteiger partial charge in [0.05, 0.1) is 11.5 Å². The first-order chi connectivity index (χ1) is 14.3. The molecule has 0 fully saturated rings. The first-order valence-corrected chi connectivity index (χ1v) is 9.31. The summed E-state index contributed by atoms with van der Waals surface area (Å²) in [6, 6.07) is 2.69. The zero-order valence-corrected chi connectivity index (χ0v) is 17.5. The molecule has 0 saturated carbocycles. The molecule has 0 radical (unpaired) electrons. The fourth-order valence-corrected chi connectivity index (χ4v) is 2.50. The maximum atomic E-state index is 12.0. The number of anilines is 1. The number of nitrogens with zero attached hydrogens (tertiary/aromatic N) is 3. The Balaban J connectivity index is 3.09. The molecule has 0 unspecified atom stereocenters. The van der Waals surface area contributed by atoms with Crippen LogP contribution in [0.1, 0.15) is 23.2 Å². The van der Waals surface area contributed by atoms with E-state index in [1.807, 2.05) is 19.2 Å². The van der Waals surface area contributed by atoms with E-state index >= 15 is 0 Å². The molecule has 0 atom stereocenters. The van der Waals surface area contributed by atoms with Crippen LogP contribution in [-0.4, -0.2) is 62.5 Å². The first-order valence-electron chi connectivity index (χ1n) is 9.31. The number of hydrogen-bond donors (Lipinski definition) is 5. The van der Waals surface area contributed by atoms with Gasteiger partial charge in [0.1, 0.15) is 11.6 Å². The maximum absolute atomic E-state index is 12.0. The summed E-state index contributed by atoms with van der Waals surface area (Å²) in [5.41, 5.74) is 0.0748. The fraction of sp³-hybridized carbons (Fsp3) is 0.444. The van der Waals surface area contributed by atoms with Gasteiger partial charge < -0.3 is 31.5 Å². The van der Waals surface area contributed by atoms with E-state index < -0.39 is 10.8 Å². The topological polar surface area (TPSA) is 173 Å². The van der Waals surface area contributed by atoms with Crippen molar-refractivity contribution in [1.82, 2.24) is 15.6 Å². The summed E-state index contributed by atoms with van der Waals surface area (Å²) < 4.78 is 5.78. The molecule has 0 aromatic heterocycles. The smallest absolute Gasteiger partial charge is 0.296 e. The monoisotopic (exact) mass is 422 g/mol. The van der Waals surface area contributed by atoms with E-state index in [0.717, 1.165) is 0 Å². The molecule has 0 bridgehead atoms. The Labute approximate surface area is 175 Å². The molecule has 1 aromatic rings. The van der Waals surface area contributed by atoms with Gasteiger partial charge in [0.2, 0.25) is 0 Å². The fourth-order valence-electron chi connectivity index (χ4n) is 2.50. The Morgan fingerprint density at radius 3 is 2.60 bits per heavy atom. The number of hydrogen-bond acceptors (Lipinski definition) is 9. The molecule has 166 valence electrons. The maximum Gasteiger partial charge on any atom is 0.296 e. The SMILES string of the molecule is CNC/C=C/CNc1c(OCCC/C(=N/N)N(C)N)cc(C(=O)NC)cc1[N+](=O)[O-]. The minimum atomic E-state index is -0.554. The van der Waals surface area contributed by atoms with Crippen LogP contribution >= 0.6 is 0 Å². The van der Waals surface area contributed by atoms with E-state index in [1.54, 1.807) is 7.05 Å². The van der Waals surface area contributed by atoms with Gasteiger partial charge in [-0.3, -0.25) is 14.9 Å². The molecule has 12 nitrogen and oxygen atoms in total. The van der Waals surface area contributed by atoms with Crippen LogP contribution in [0.2, 0.25) is 0 Å². The lowest BCUT2D eigenvalue weighted by Gasteiger charge is -2.16. The number of hydrazine groups is 1. The Morgan fingerprint density at radius 1 is 1.33 bits per heavy atom. The third kappa shape index (κ3) is 7.56. The zero-order chi connectivity index (χ0) is 22.5. The summed E-state index contributed by atoms with van der Waals surface area (Å²) >= 11 is 0. The second kappa shape index (κ2) is 13.0. The molecule has 1 aromatic carbocycles. The number of carbonyl (C=O) groups excluding carboxylic acids is 1. The van der Waals surface area contributed by atoms with Crippen LogP contribution in [0.4, 0.5) is 11.4 Å². The van der Waals surface area contributed by atoms with Crippen LogP contribution in [0.5, 0.6) is 5.75 Å². The second-order valence-corrected chi connectivity index (χ2v) is 6.22. The van der Waals surface area contributed by atoms with Crippen LogP contribution in [0.3, 0.4) is 0 Å². The number of rotatable bonds is 12. The molecule has 0 spiro atoms. The average Bonchev–Trinajstić information content (AvgIpc) is 2.72. The molecule has 0 saturated heterocycles. The molecule has 0 aliphatic heterocycles. The largest absolute Gasteiger partial charge is 0.491 e. The lowest BCUT2D eigenvalue weighted by atomic mass is 10.1. The van der Waals surface area contributed by atoms with Crippen molar-refractivity contribution < 1.29 is 14.5 Å². The average molecular weight is 422 g/mol. The second-order valence-electron chi connectivity index (χ2n) is 6.22. The third-order valence-corrected chi connectivity index (χ3v) is 4.01. The van der Waals surface area contributed by atoms with Crippen molar-refractivity contribution in [3.05, 3.63) is 40.0 Å². The molecule has 1 rings (SSSR count). The van der Waals surface area contributed by atoms with Crippen molar-refractivity contribution in [2.24, 2.45) is 16.8 Å². The summed E-state index contributed by atoms with van der Waals surface area (Å²) in [5, 5.41) is 24.9. The van der Waals surface area contributed by atoms with Crippen molar-refractivity contribution in [2.75, 3.05) is 46.2 Å². The van der Waals surface area contributed by atoms with Crippen LogP contribution in [0.15, 0.2) is 29.4 Å². The molecule has 30 heavy (non-hydrogen) atoms. The Kier molecular flexibility index (Phi) is 10.6. The predicted octanol–water partition coefficient (Wildman–Crippen LogP) is 0.379. The summed E-state index contributed by atoms with van der Waals surface area (Å²) in [6.45, 7) is 1.23. The molecular formula is C18H30N8O4. The van der Waals surface area contributed by atoms with Gasteiger partial charge in [-0.05, 0) is 19.5 Å². The highest BCUT2D eigenvalue weighted by atomic mass is 16.6. The number of nitro benzene ring substituents is 1.